The summed E-state index contributed by atoms with van der Waals surface area (Å²) in [6.07, 6.45) is 0. The van der Waals surface area contributed by atoms with Crippen LogP contribution in [0.25, 0.3) is 0 Å². The lowest BCUT2D eigenvalue weighted by atomic mass is 10.0. The summed E-state index contributed by atoms with van der Waals surface area (Å²) in [4.78, 5) is 32.7. The highest BCUT2D eigenvalue weighted by molar-refractivity contribution is 6.05. The Labute approximate surface area is 172 Å². The summed E-state index contributed by atoms with van der Waals surface area (Å²) in [7, 11) is 1.67. The Morgan fingerprint density at radius 1 is 1.10 bits per heavy atom. The van der Waals surface area contributed by atoms with E-state index >= 15 is 0 Å². The number of benzene rings is 1. The molecule has 1 saturated heterocycles. The zero-order valence-electron chi connectivity index (χ0n) is 18.0. The highest BCUT2D eigenvalue weighted by atomic mass is 16.5. The number of methoxy groups -OCH3 is 1. The first-order chi connectivity index (χ1) is 13.8. The molecule has 1 N–H and O–H groups in total. The smallest absolute Gasteiger partial charge is 0.196 e. The summed E-state index contributed by atoms with van der Waals surface area (Å²) >= 11 is 0. The molecule has 2 aromatic rings. The second kappa shape index (κ2) is 8.93. The fraction of sp³-hybridized carbons (Fsp3) is 0.478. The van der Waals surface area contributed by atoms with Crippen molar-refractivity contribution in [3.8, 4) is 5.75 Å². The zero-order valence-corrected chi connectivity index (χ0v) is 18.0. The third kappa shape index (κ3) is 4.60. The van der Waals surface area contributed by atoms with E-state index in [4.69, 9.17) is 4.74 Å². The first-order valence-electron chi connectivity index (χ1n) is 10.2. The van der Waals surface area contributed by atoms with Crippen molar-refractivity contribution in [2.45, 2.75) is 40.3 Å². The van der Waals surface area contributed by atoms with Crippen LogP contribution in [0.15, 0.2) is 24.3 Å². The average molecular weight is 398 g/mol. The Hall–Kier alpha value is -2.44. The standard InChI is InChI=1S/C23H31N3O3/c1-15-21(18(4)27)16(2)24-22(15)23(28)17(3)26-12-10-25(11-13-26)14-19-6-8-20(29-5)9-7-19/h6-9,17,24H,10-14H2,1-5H3/t17-/m0/s1. The predicted molar refractivity (Wildman–Crippen MR) is 114 cm³/mol. The van der Waals surface area contributed by atoms with E-state index in [2.05, 4.69) is 26.9 Å². The van der Waals surface area contributed by atoms with Crippen LogP contribution in [-0.2, 0) is 6.54 Å². The summed E-state index contributed by atoms with van der Waals surface area (Å²) < 4.78 is 5.22. The number of carbonyl (C=O) groups excluding carboxylic acids is 2. The van der Waals surface area contributed by atoms with E-state index in [9.17, 15) is 9.59 Å². The maximum atomic E-state index is 13.1. The minimum Gasteiger partial charge on any atom is -0.497 e. The van der Waals surface area contributed by atoms with Gasteiger partial charge in [-0.2, -0.15) is 0 Å². The van der Waals surface area contributed by atoms with Crippen molar-refractivity contribution in [2.75, 3.05) is 33.3 Å². The van der Waals surface area contributed by atoms with E-state index in [1.54, 1.807) is 14.0 Å². The summed E-state index contributed by atoms with van der Waals surface area (Å²) in [6, 6.07) is 7.96. The Morgan fingerprint density at radius 2 is 1.72 bits per heavy atom. The van der Waals surface area contributed by atoms with E-state index < -0.39 is 0 Å². The first-order valence-corrected chi connectivity index (χ1v) is 10.2. The quantitative estimate of drug-likeness (QED) is 0.727. The molecule has 0 aliphatic carbocycles. The average Bonchev–Trinajstić information content (AvgIpc) is 3.02. The van der Waals surface area contributed by atoms with E-state index in [0.29, 0.717) is 11.3 Å². The van der Waals surface area contributed by atoms with Gasteiger partial charge >= 0.3 is 0 Å². The zero-order chi connectivity index (χ0) is 21.1. The minimum atomic E-state index is -0.213. The molecule has 1 aromatic heterocycles. The van der Waals surface area contributed by atoms with Gasteiger partial charge in [0.05, 0.1) is 18.8 Å². The van der Waals surface area contributed by atoms with Crippen LogP contribution >= 0.6 is 0 Å². The molecule has 1 aromatic carbocycles. The van der Waals surface area contributed by atoms with E-state index in [0.717, 1.165) is 49.7 Å². The van der Waals surface area contributed by atoms with Crippen molar-refractivity contribution in [1.82, 2.24) is 14.8 Å². The number of piperazine rings is 1. The van der Waals surface area contributed by atoms with E-state index in [1.165, 1.54) is 5.56 Å². The first kappa shape index (κ1) is 21.3. The molecule has 156 valence electrons. The van der Waals surface area contributed by atoms with Crippen molar-refractivity contribution >= 4 is 11.6 Å². The maximum Gasteiger partial charge on any atom is 0.196 e. The van der Waals surface area contributed by atoms with Gasteiger partial charge in [0, 0.05) is 44.0 Å². The molecule has 0 saturated carbocycles. The van der Waals surface area contributed by atoms with Gasteiger partial charge in [0.25, 0.3) is 0 Å². The molecule has 0 radical (unpaired) electrons. The van der Waals surface area contributed by atoms with Gasteiger partial charge in [0.2, 0.25) is 0 Å². The van der Waals surface area contributed by atoms with Crippen LogP contribution < -0.4 is 4.74 Å². The molecule has 29 heavy (non-hydrogen) atoms. The monoisotopic (exact) mass is 397 g/mol. The number of ketones is 2. The number of hydrogen-bond acceptors (Lipinski definition) is 5. The third-order valence-electron chi connectivity index (χ3n) is 5.94. The molecule has 2 heterocycles. The van der Waals surface area contributed by atoms with Crippen LogP contribution in [0.3, 0.4) is 0 Å². The summed E-state index contributed by atoms with van der Waals surface area (Å²) in [5.74, 6) is 0.922. The number of hydrogen-bond donors (Lipinski definition) is 1. The lowest BCUT2D eigenvalue weighted by molar-refractivity contribution is 0.0683. The van der Waals surface area contributed by atoms with Crippen LogP contribution in [0.5, 0.6) is 5.75 Å². The molecule has 0 unspecified atom stereocenters. The van der Waals surface area contributed by atoms with Gasteiger partial charge in [-0.25, -0.2) is 0 Å². The number of carbonyl (C=O) groups is 2. The van der Waals surface area contributed by atoms with Gasteiger partial charge in [-0.3, -0.25) is 19.4 Å². The van der Waals surface area contributed by atoms with Crippen LogP contribution in [0.2, 0.25) is 0 Å². The van der Waals surface area contributed by atoms with E-state index in [-0.39, 0.29) is 17.6 Å². The number of ether oxygens (including phenoxy) is 1. The fourth-order valence-corrected chi connectivity index (χ4v) is 4.20. The lowest BCUT2D eigenvalue weighted by Gasteiger charge is -2.37. The van der Waals surface area contributed by atoms with Crippen molar-refractivity contribution in [3.05, 3.63) is 52.3 Å². The predicted octanol–water partition coefficient (Wildman–Crippen LogP) is 3.23. The number of nitrogens with zero attached hydrogens (tertiary/aromatic N) is 2. The van der Waals surface area contributed by atoms with Gasteiger partial charge in [0.15, 0.2) is 11.6 Å². The van der Waals surface area contributed by atoms with Crippen LogP contribution in [0.1, 0.15) is 51.5 Å². The summed E-state index contributed by atoms with van der Waals surface area (Å²) in [5.41, 5.74) is 4.02. The molecule has 0 bridgehead atoms. The topological polar surface area (TPSA) is 65.6 Å². The third-order valence-corrected chi connectivity index (χ3v) is 5.94. The number of nitrogens with one attached hydrogen (secondary N) is 1. The van der Waals surface area contributed by atoms with Crippen molar-refractivity contribution < 1.29 is 14.3 Å². The van der Waals surface area contributed by atoms with Crippen LogP contribution in [0.4, 0.5) is 0 Å². The Kier molecular flexibility index (Phi) is 6.55. The molecule has 6 heteroatoms. The molecule has 3 rings (SSSR count). The lowest BCUT2D eigenvalue weighted by Crippen LogP contribution is -2.51. The maximum absolute atomic E-state index is 13.1. The van der Waals surface area contributed by atoms with Gasteiger partial charge in [-0.05, 0) is 51.0 Å². The second-order valence-electron chi connectivity index (χ2n) is 7.88. The largest absolute Gasteiger partial charge is 0.497 e. The molecule has 1 aliphatic heterocycles. The number of H-pyrrole nitrogens is 1. The van der Waals surface area contributed by atoms with Gasteiger partial charge in [-0.1, -0.05) is 12.1 Å². The molecule has 0 spiro atoms. The number of aromatic nitrogens is 1. The molecular formula is C23H31N3O3. The number of aryl methyl sites for hydroxylation is 1. The van der Waals surface area contributed by atoms with Crippen LogP contribution in [-0.4, -0.2) is 65.7 Å². The summed E-state index contributed by atoms with van der Waals surface area (Å²) in [5, 5.41) is 0. The van der Waals surface area contributed by atoms with Gasteiger partial charge < -0.3 is 9.72 Å². The number of Topliss-reactive ketones (excluding diaryl/α,β-unsaturated/α-hetero) is 2. The Balaban J connectivity index is 1.59. The molecule has 1 fully saturated rings. The highest BCUT2D eigenvalue weighted by Gasteiger charge is 2.29. The highest BCUT2D eigenvalue weighted by Crippen LogP contribution is 2.22. The van der Waals surface area contributed by atoms with Crippen molar-refractivity contribution in [1.29, 1.82) is 0 Å². The number of aromatic amines is 1. The van der Waals surface area contributed by atoms with Crippen molar-refractivity contribution in [3.63, 3.8) is 0 Å². The minimum absolute atomic E-state index is 0.00454. The second-order valence-corrected chi connectivity index (χ2v) is 7.88. The Bertz CT molecular complexity index is 878. The molecule has 6 nitrogen and oxygen atoms in total. The Morgan fingerprint density at radius 3 is 2.24 bits per heavy atom. The molecule has 0 amide bonds. The van der Waals surface area contributed by atoms with Gasteiger partial charge in [0.1, 0.15) is 5.75 Å². The molecular weight excluding hydrogens is 366 g/mol. The SMILES string of the molecule is COc1ccc(CN2CCN([C@@H](C)C(=O)c3[nH]c(C)c(C(C)=O)c3C)CC2)cc1. The molecule has 1 aliphatic rings. The van der Waals surface area contributed by atoms with E-state index in [1.807, 2.05) is 32.9 Å². The normalized spacial score (nSPS) is 16.6. The summed E-state index contributed by atoms with van der Waals surface area (Å²) in [6.45, 7) is 11.7. The van der Waals surface area contributed by atoms with Crippen LogP contribution in [0, 0.1) is 13.8 Å². The molecule has 1 atom stereocenters. The fourth-order valence-electron chi connectivity index (χ4n) is 4.20. The van der Waals surface area contributed by atoms with Crippen molar-refractivity contribution in [2.24, 2.45) is 0 Å². The van der Waals surface area contributed by atoms with Gasteiger partial charge in [-0.15, -0.1) is 0 Å². The number of rotatable bonds is 7.